The topological polar surface area (TPSA) is 74.0 Å². The number of carbonyl (C=O) groups is 1. The first-order chi connectivity index (χ1) is 18.3. The highest BCUT2D eigenvalue weighted by Gasteiger charge is 2.30. The summed E-state index contributed by atoms with van der Waals surface area (Å²) in [5, 5.41) is 11.0. The van der Waals surface area contributed by atoms with Crippen LogP contribution in [-0.2, 0) is 19.5 Å². The Balaban J connectivity index is 1.15. The minimum absolute atomic E-state index is 0.118. The van der Waals surface area contributed by atoms with Gasteiger partial charge in [-0.25, -0.2) is 4.68 Å². The number of aromatic nitrogens is 4. The van der Waals surface area contributed by atoms with Crippen LogP contribution in [0.2, 0.25) is 0 Å². The van der Waals surface area contributed by atoms with Gasteiger partial charge in [0, 0.05) is 12.4 Å². The summed E-state index contributed by atoms with van der Waals surface area (Å²) >= 11 is 0. The van der Waals surface area contributed by atoms with Gasteiger partial charge < -0.3 is 10.1 Å². The van der Waals surface area contributed by atoms with E-state index in [1.54, 1.807) is 18.3 Å². The van der Waals surface area contributed by atoms with Crippen LogP contribution in [0.3, 0.4) is 0 Å². The number of hydrogen-bond donors (Lipinski definition) is 1. The van der Waals surface area contributed by atoms with Crippen molar-refractivity contribution in [1.82, 2.24) is 19.6 Å². The normalized spacial score (nSPS) is 11.3. The van der Waals surface area contributed by atoms with Gasteiger partial charge in [-0.05, 0) is 47.0 Å². The Labute approximate surface area is 216 Å². The molecule has 2 heterocycles. The van der Waals surface area contributed by atoms with Crippen molar-refractivity contribution >= 4 is 11.6 Å². The van der Waals surface area contributed by atoms with Gasteiger partial charge in [0.1, 0.15) is 5.75 Å². The SMILES string of the molecule is O=C(Nc1cnn(Cc2cccc(C(F)(F)F)c2)c1)c1ccn(COc2ccc(-c3ccccc3)cc2)n1. The fourth-order valence-corrected chi connectivity index (χ4v) is 3.81. The van der Waals surface area contributed by atoms with Gasteiger partial charge in [0.15, 0.2) is 12.4 Å². The largest absolute Gasteiger partial charge is 0.471 e. The zero-order valence-electron chi connectivity index (χ0n) is 20.0. The molecule has 38 heavy (non-hydrogen) atoms. The van der Waals surface area contributed by atoms with Gasteiger partial charge in [-0.2, -0.15) is 23.4 Å². The van der Waals surface area contributed by atoms with Crippen molar-refractivity contribution in [2.45, 2.75) is 19.5 Å². The van der Waals surface area contributed by atoms with Crippen molar-refractivity contribution in [3.63, 3.8) is 0 Å². The lowest BCUT2D eigenvalue weighted by atomic mass is 10.1. The molecular formula is C28H22F3N5O2. The molecule has 5 aromatic rings. The molecule has 7 nitrogen and oxygen atoms in total. The number of benzene rings is 3. The van der Waals surface area contributed by atoms with E-state index >= 15 is 0 Å². The van der Waals surface area contributed by atoms with Crippen molar-refractivity contribution in [2.24, 2.45) is 0 Å². The first kappa shape index (κ1) is 24.8. The van der Waals surface area contributed by atoms with E-state index in [0.717, 1.165) is 23.3 Å². The Hall–Kier alpha value is -4.86. The molecule has 0 aliphatic carbocycles. The molecule has 0 aliphatic heterocycles. The minimum atomic E-state index is -4.42. The number of nitrogens with zero attached hydrogens (tertiary/aromatic N) is 4. The third kappa shape index (κ3) is 6.09. The number of hydrogen-bond acceptors (Lipinski definition) is 4. The molecule has 1 N–H and O–H groups in total. The quantitative estimate of drug-likeness (QED) is 0.270. The average Bonchev–Trinajstić information content (AvgIpc) is 3.58. The number of rotatable bonds is 8. The van der Waals surface area contributed by atoms with Crippen LogP contribution in [0.4, 0.5) is 18.9 Å². The molecule has 0 fully saturated rings. The van der Waals surface area contributed by atoms with Crippen LogP contribution in [-0.4, -0.2) is 25.5 Å². The number of alkyl halides is 3. The first-order valence-corrected chi connectivity index (χ1v) is 11.7. The second kappa shape index (κ2) is 10.6. The fraction of sp³-hybridized carbons (Fsp3) is 0.107. The molecule has 1 amide bonds. The Bertz CT molecular complexity index is 1530. The summed E-state index contributed by atoms with van der Waals surface area (Å²) < 4.78 is 47.5. The number of amides is 1. The number of nitrogens with one attached hydrogen (secondary N) is 1. The lowest BCUT2D eigenvalue weighted by Gasteiger charge is -2.08. The van der Waals surface area contributed by atoms with Gasteiger partial charge >= 0.3 is 6.18 Å². The lowest BCUT2D eigenvalue weighted by molar-refractivity contribution is -0.137. The van der Waals surface area contributed by atoms with Gasteiger partial charge in [0.05, 0.1) is 24.0 Å². The zero-order chi connectivity index (χ0) is 26.5. The number of carbonyl (C=O) groups excluding carboxylic acids is 1. The van der Waals surface area contributed by atoms with Crippen molar-refractivity contribution in [1.29, 1.82) is 0 Å². The lowest BCUT2D eigenvalue weighted by Crippen LogP contribution is -2.14. The highest BCUT2D eigenvalue weighted by molar-refractivity contribution is 6.02. The van der Waals surface area contributed by atoms with Crippen LogP contribution in [0.5, 0.6) is 5.75 Å². The zero-order valence-corrected chi connectivity index (χ0v) is 20.0. The van der Waals surface area contributed by atoms with Gasteiger partial charge in [-0.15, -0.1) is 0 Å². The Kier molecular flexibility index (Phi) is 6.94. The van der Waals surface area contributed by atoms with E-state index in [-0.39, 0.29) is 19.0 Å². The molecule has 0 saturated heterocycles. The monoisotopic (exact) mass is 517 g/mol. The summed E-state index contributed by atoms with van der Waals surface area (Å²) in [5.74, 6) is 0.217. The van der Waals surface area contributed by atoms with E-state index in [1.165, 1.54) is 27.8 Å². The number of ether oxygens (including phenoxy) is 1. The molecule has 10 heteroatoms. The molecule has 3 aromatic carbocycles. The van der Waals surface area contributed by atoms with E-state index in [9.17, 15) is 18.0 Å². The van der Waals surface area contributed by atoms with E-state index < -0.39 is 17.6 Å². The van der Waals surface area contributed by atoms with Gasteiger partial charge in [0.25, 0.3) is 5.91 Å². The molecule has 0 atom stereocenters. The number of anilines is 1. The minimum Gasteiger partial charge on any atom is -0.471 e. The Morgan fingerprint density at radius 2 is 1.66 bits per heavy atom. The van der Waals surface area contributed by atoms with Gasteiger partial charge in [-0.1, -0.05) is 54.6 Å². The molecule has 2 aromatic heterocycles. The number of halogens is 3. The predicted molar refractivity (Wildman–Crippen MR) is 135 cm³/mol. The van der Waals surface area contributed by atoms with E-state index in [2.05, 4.69) is 15.5 Å². The van der Waals surface area contributed by atoms with Crippen LogP contribution in [0.25, 0.3) is 11.1 Å². The van der Waals surface area contributed by atoms with Crippen LogP contribution in [0, 0.1) is 0 Å². The maximum absolute atomic E-state index is 12.9. The second-order valence-corrected chi connectivity index (χ2v) is 8.48. The van der Waals surface area contributed by atoms with Crippen molar-refractivity contribution in [3.8, 4) is 16.9 Å². The molecule has 0 spiro atoms. The van der Waals surface area contributed by atoms with E-state index in [1.807, 2.05) is 54.6 Å². The Morgan fingerprint density at radius 1 is 0.895 bits per heavy atom. The summed E-state index contributed by atoms with van der Waals surface area (Å²) in [7, 11) is 0. The molecule has 0 unspecified atom stereocenters. The van der Waals surface area contributed by atoms with E-state index in [0.29, 0.717) is 17.0 Å². The Morgan fingerprint density at radius 3 is 2.42 bits per heavy atom. The third-order valence-electron chi connectivity index (χ3n) is 5.69. The summed E-state index contributed by atoms with van der Waals surface area (Å²) in [4.78, 5) is 12.6. The highest BCUT2D eigenvalue weighted by Crippen LogP contribution is 2.29. The third-order valence-corrected chi connectivity index (χ3v) is 5.69. The van der Waals surface area contributed by atoms with Crippen LogP contribution in [0.1, 0.15) is 21.6 Å². The first-order valence-electron chi connectivity index (χ1n) is 11.7. The fourth-order valence-electron chi connectivity index (χ4n) is 3.81. The van der Waals surface area contributed by atoms with Gasteiger partial charge in [0.2, 0.25) is 0 Å². The van der Waals surface area contributed by atoms with Crippen molar-refractivity contribution in [3.05, 3.63) is 120 Å². The summed E-state index contributed by atoms with van der Waals surface area (Å²) in [5.41, 5.74) is 2.48. The molecule has 5 rings (SSSR count). The standard InChI is InChI=1S/C28H22F3N5O2/c29-28(30,31)23-8-4-5-20(15-23)17-36-18-24(16-32-36)33-27(37)26-13-14-35(34-26)19-38-25-11-9-22(10-12-25)21-6-2-1-3-7-21/h1-16,18H,17,19H2,(H,33,37). The highest BCUT2D eigenvalue weighted by atomic mass is 19.4. The molecule has 0 aliphatic rings. The summed E-state index contributed by atoms with van der Waals surface area (Å²) in [6.07, 6.45) is 0.174. The van der Waals surface area contributed by atoms with Crippen LogP contribution < -0.4 is 10.1 Å². The maximum Gasteiger partial charge on any atom is 0.416 e. The second-order valence-electron chi connectivity index (χ2n) is 8.48. The summed E-state index contributed by atoms with van der Waals surface area (Å²) in [6.45, 7) is 0.241. The molecular weight excluding hydrogens is 495 g/mol. The van der Waals surface area contributed by atoms with Crippen LogP contribution in [0.15, 0.2) is 104 Å². The van der Waals surface area contributed by atoms with Crippen LogP contribution >= 0.6 is 0 Å². The molecule has 192 valence electrons. The molecule has 0 bridgehead atoms. The van der Waals surface area contributed by atoms with Crippen molar-refractivity contribution < 1.29 is 22.7 Å². The molecule has 0 saturated carbocycles. The van der Waals surface area contributed by atoms with E-state index in [4.69, 9.17) is 4.74 Å². The summed E-state index contributed by atoms with van der Waals surface area (Å²) in [6, 6.07) is 24.3. The molecule has 0 radical (unpaired) electrons. The van der Waals surface area contributed by atoms with Crippen molar-refractivity contribution in [2.75, 3.05) is 5.32 Å². The smallest absolute Gasteiger partial charge is 0.416 e. The maximum atomic E-state index is 12.9. The average molecular weight is 518 g/mol. The van der Waals surface area contributed by atoms with Gasteiger partial charge in [-0.3, -0.25) is 9.48 Å². The predicted octanol–water partition coefficient (Wildman–Crippen LogP) is 6.10.